The first kappa shape index (κ1) is 15.7. The van der Waals surface area contributed by atoms with E-state index in [9.17, 15) is 9.67 Å². The summed E-state index contributed by atoms with van der Waals surface area (Å²) < 4.78 is 22.8. The van der Waals surface area contributed by atoms with Gasteiger partial charge in [0.2, 0.25) is 0 Å². The molecule has 1 aliphatic rings. The van der Waals surface area contributed by atoms with Crippen LogP contribution in [-0.4, -0.2) is 38.3 Å². The molecule has 3 atom stereocenters. The van der Waals surface area contributed by atoms with E-state index in [0.29, 0.717) is 6.42 Å². The number of aliphatic hydroxyl groups excluding tert-OH is 1. The lowest BCUT2D eigenvalue weighted by Crippen LogP contribution is -2.25. The zero-order valence-corrected chi connectivity index (χ0v) is 12.9. The van der Waals surface area contributed by atoms with Gasteiger partial charge in [-0.25, -0.2) is 4.57 Å². The second kappa shape index (κ2) is 5.77. The molecule has 1 fully saturated rings. The molecule has 8 heteroatoms. The Morgan fingerprint density at radius 2 is 2.18 bits per heavy atom. The largest absolute Gasteiger partial charge is 0.469 e. The van der Waals surface area contributed by atoms with Gasteiger partial charge in [-0.05, 0) is 24.6 Å². The first-order valence-corrected chi connectivity index (χ1v) is 8.48. The number of aliphatic hydroxyl groups is 1. The number of phosphoric ester groups is 1. The van der Waals surface area contributed by atoms with E-state index in [2.05, 4.69) is 4.52 Å². The lowest BCUT2D eigenvalue weighted by molar-refractivity contribution is -0.0421. The highest BCUT2D eigenvalue weighted by atomic mass is 31.2. The van der Waals surface area contributed by atoms with Crippen molar-refractivity contribution in [3.63, 3.8) is 0 Å². The highest BCUT2D eigenvalue weighted by molar-refractivity contribution is 7.46. The second-order valence-corrected chi connectivity index (χ2v) is 6.69. The van der Waals surface area contributed by atoms with Crippen molar-refractivity contribution in [3.8, 4) is 0 Å². The van der Waals surface area contributed by atoms with Crippen LogP contribution < -0.4 is 0 Å². The van der Waals surface area contributed by atoms with Gasteiger partial charge in [-0.3, -0.25) is 4.52 Å². The van der Waals surface area contributed by atoms with Crippen molar-refractivity contribution in [2.24, 2.45) is 0 Å². The second-order valence-electron chi connectivity index (χ2n) is 5.45. The lowest BCUT2D eigenvalue weighted by Gasteiger charge is -2.17. The maximum Gasteiger partial charge on any atom is 0.469 e. The minimum absolute atomic E-state index is 0.340. The smallest absolute Gasteiger partial charge is 0.390 e. The molecule has 0 radical (unpaired) electrons. The highest BCUT2D eigenvalue weighted by Gasteiger charge is 2.36. The van der Waals surface area contributed by atoms with Crippen molar-refractivity contribution in [3.05, 3.63) is 36.0 Å². The summed E-state index contributed by atoms with van der Waals surface area (Å²) in [5, 5.41) is 11.1. The molecule has 120 valence electrons. The van der Waals surface area contributed by atoms with Gasteiger partial charge in [0, 0.05) is 18.0 Å². The summed E-state index contributed by atoms with van der Waals surface area (Å²) in [6, 6.07) is 7.93. The Balaban J connectivity index is 1.78. The minimum atomic E-state index is -4.57. The third-order valence-corrected chi connectivity index (χ3v) is 4.39. The normalized spacial score (nSPS) is 25.9. The number of fused-ring (bicyclic) bond motifs is 1. The zero-order valence-electron chi connectivity index (χ0n) is 12.0. The highest BCUT2D eigenvalue weighted by Crippen LogP contribution is 2.39. The van der Waals surface area contributed by atoms with Crippen molar-refractivity contribution in [2.75, 3.05) is 6.61 Å². The summed E-state index contributed by atoms with van der Waals surface area (Å²) in [5.41, 5.74) is 2.14. The van der Waals surface area contributed by atoms with Gasteiger partial charge < -0.3 is 24.2 Å². The minimum Gasteiger partial charge on any atom is -0.390 e. The van der Waals surface area contributed by atoms with Gasteiger partial charge in [0.15, 0.2) is 0 Å². The number of ether oxygens (including phenoxy) is 1. The fraction of sp³-hybridized carbons (Fsp3) is 0.429. The average Bonchev–Trinajstić information content (AvgIpc) is 3.00. The van der Waals surface area contributed by atoms with Gasteiger partial charge in [0.1, 0.15) is 12.3 Å². The molecular formula is C14H18NO6P. The molecular weight excluding hydrogens is 309 g/mol. The number of benzene rings is 1. The van der Waals surface area contributed by atoms with Crippen molar-refractivity contribution in [1.82, 2.24) is 4.57 Å². The third-order valence-electron chi connectivity index (χ3n) is 3.90. The molecule has 3 rings (SSSR count). The average molecular weight is 327 g/mol. The molecule has 0 aliphatic carbocycles. The molecule has 1 aromatic carbocycles. The molecule has 3 N–H and O–H groups in total. The van der Waals surface area contributed by atoms with E-state index in [1.165, 1.54) is 0 Å². The topological polar surface area (TPSA) is 101 Å². The maximum absolute atomic E-state index is 10.7. The summed E-state index contributed by atoms with van der Waals surface area (Å²) in [7, 11) is -4.57. The molecule has 7 nitrogen and oxygen atoms in total. The van der Waals surface area contributed by atoms with Crippen molar-refractivity contribution >= 4 is 18.7 Å². The summed E-state index contributed by atoms with van der Waals surface area (Å²) in [4.78, 5) is 17.5. The molecule has 1 saturated heterocycles. The molecule has 1 aromatic heterocycles. The Morgan fingerprint density at radius 1 is 1.41 bits per heavy atom. The van der Waals surface area contributed by atoms with Gasteiger partial charge >= 0.3 is 7.82 Å². The first-order valence-electron chi connectivity index (χ1n) is 6.95. The molecule has 0 bridgehead atoms. The van der Waals surface area contributed by atoms with Gasteiger partial charge in [0.05, 0.1) is 18.2 Å². The molecule has 2 aromatic rings. The Morgan fingerprint density at radius 3 is 2.91 bits per heavy atom. The van der Waals surface area contributed by atoms with Crippen molar-refractivity contribution < 1.29 is 28.7 Å². The van der Waals surface area contributed by atoms with Gasteiger partial charge in [-0.2, -0.15) is 0 Å². The van der Waals surface area contributed by atoms with E-state index >= 15 is 0 Å². The molecule has 22 heavy (non-hydrogen) atoms. The van der Waals surface area contributed by atoms with Crippen molar-refractivity contribution in [1.29, 1.82) is 0 Å². The van der Waals surface area contributed by atoms with E-state index in [0.717, 1.165) is 16.5 Å². The molecule has 0 amide bonds. The van der Waals surface area contributed by atoms with Crippen LogP contribution in [0.1, 0.15) is 18.2 Å². The summed E-state index contributed by atoms with van der Waals surface area (Å²) in [6.07, 6.45) is 0.243. The number of phosphoric acid groups is 1. The quantitative estimate of drug-likeness (QED) is 0.739. The van der Waals surface area contributed by atoms with Crippen LogP contribution in [0.3, 0.4) is 0 Å². The Labute approximate surface area is 127 Å². The Hall–Kier alpha value is -1.21. The van der Waals surface area contributed by atoms with E-state index in [4.69, 9.17) is 14.5 Å². The SMILES string of the molecule is Cc1cccc2c1ccn2C1CC(O)C(COP(=O)(O)O)O1. The number of rotatable bonds is 4. The number of aryl methyl sites for hydroxylation is 1. The molecule has 0 spiro atoms. The lowest BCUT2D eigenvalue weighted by atomic mass is 10.1. The van der Waals surface area contributed by atoms with E-state index in [1.54, 1.807) is 0 Å². The van der Waals surface area contributed by atoms with E-state index in [-0.39, 0.29) is 12.8 Å². The summed E-state index contributed by atoms with van der Waals surface area (Å²) >= 11 is 0. The van der Waals surface area contributed by atoms with Crippen LogP contribution >= 0.6 is 7.82 Å². The predicted molar refractivity (Wildman–Crippen MR) is 79.2 cm³/mol. The maximum atomic E-state index is 10.7. The molecule has 0 saturated carbocycles. The summed E-state index contributed by atoms with van der Waals surface area (Å²) in [6.45, 7) is 1.67. The monoisotopic (exact) mass is 327 g/mol. The first-order chi connectivity index (χ1) is 10.3. The van der Waals surface area contributed by atoms with E-state index < -0.39 is 20.0 Å². The van der Waals surface area contributed by atoms with Gasteiger partial charge in [-0.15, -0.1) is 0 Å². The van der Waals surface area contributed by atoms with Crippen LogP contribution in [-0.2, 0) is 13.8 Å². The number of nitrogens with zero attached hydrogens (tertiary/aromatic N) is 1. The summed E-state index contributed by atoms with van der Waals surface area (Å²) in [5.74, 6) is 0. The van der Waals surface area contributed by atoms with Crippen LogP contribution in [0.5, 0.6) is 0 Å². The standard InChI is InChI=1S/C14H18NO6P/c1-9-3-2-4-11-10(9)5-6-15(11)14-7-12(16)13(21-14)8-20-22(17,18)19/h2-6,12-14,16H,7-8H2,1H3,(H2,17,18,19). The Bertz CT molecular complexity index is 723. The molecule has 2 heterocycles. The van der Waals surface area contributed by atoms with Crippen LogP contribution in [0.4, 0.5) is 0 Å². The van der Waals surface area contributed by atoms with Crippen molar-refractivity contribution in [2.45, 2.75) is 31.8 Å². The van der Waals surface area contributed by atoms with Crippen LogP contribution in [0, 0.1) is 6.92 Å². The third kappa shape index (κ3) is 3.10. The number of hydrogen-bond acceptors (Lipinski definition) is 4. The predicted octanol–water partition coefficient (Wildman–Crippen LogP) is 1.71. The van der Waals surface area contributed by atoms with E-state index in [1.807, 2.05) is 42.0 Å². The molecule has 3 unspecified atom stereocenters. The fourth-order valence-corrected chi connectivity index (χ4v) is 3.14. The van der Waals surface area contributed by atoms with Crippen LogP contribution in [0.2, 0.25) is 0 Å². The van der Waals surface area contributed by atoms with Crippen LogP contribution in [0.25, 0.3) is 10.9 Å². The van der Waals surface area contributed by atoms with Crippen LogP contribution in [0.15, 0.2) is 30.5 Å². The fourth-order valence-electron chi connectivity index (χ4n) is 2.80. The zero-order chi connectivity index (χ0) is 15.9. The van der Waals surface area contributed by atoms with Gasteiger partial charge in [-0.1, -0.05) is 12.1 Å². The number of hydrogen-bond donors (Lipinski definition) is 3. The number of aromatic nitrogens is 1. The Kier molecular flexibility index (Phi) is 4.11. The molecule has 1 aliphatic heterocycles. The van der Waals surface area contributed by atoms with Gasteiger partial charge in [0.25, 0.3) is 0 Å².